The third-order valence-electron chi connectivity index (χ3n) is 7.29. The lowest BCUT2D eigenvalue weighted by Gasteiger charge is -2.22. The number of hydrogen-bond donors (Lipinski definition) is 3. The van der Waals surface area contributed by atoms with E-state index in [1.165, 1.54) is 51.4 Å². The molecule has 3 N–H and O–H groups in total. The molecule has 0 heterocycles. The summed E-state index contributed by atoms with van der Waals surface area (Å²) in [5.41, 5.74) is 0. The van der Waals surface area contributed by atoms with Gasteiger partial charge in [0, 0.05) is 6.42 Å². The molecule has 0 saturated carbocycles. The molecule has 2 unspecified atom stereocenters. The molecule has 41 heavy (non-hydrogen) atoms. The van der Waals surface area contributed by atoms with Crippen LogP contribution in [0.25, 0.3) is 0 Å². The molecule has 0 radical (unpaired) electrons. The van der Waals surface area contributed by atoms with Gasteiger partial charge >= 0.3 is 0 Å². The first-order chi connectivity index (χ1) is 20.2. The van der Waals surface area contributed by atoms with Gasteiger partial charge in [0.15, 0.2) is 0 Å². The predicted octanol–water partition coefficient (Wildman–Crippen LogP) is 9.84. The minimum Gasteiger partial charge on any atom is -0.394 e. The van der Waals surface area contributed by atoms with Crippen LogP contribution in [0.4, 0.5) is 0 Å². The molecular weight excluding hydrogens is 506 g/mol. The van der Waals surface area contributed by atoms with Crippen molar-refractivity contribution in [2.75, 3.05) is 6.61 Å². The van der Waals surface area contributed by atoms with Crippen molar-refractivity contribution in [1.29, 1.82) is 0 Å². The lowest BCUT2D eigenvalue weighted by molar-refractivity contribution is -0.123. The number of allylic oxidation sites excluding steroid dienone is 10. The summed E-state index contributed by atoms with van der Waals surface area (Å²) in [5, 5.41) is 22.9. The summed E-state index contributed by atoms with van der Waals surface area (Å²) in [5.74, 6) is -0.0685. The number of carbonyl (C=O) groups is 1. The largest absolute Gasteiger partial charge is 0.394 e. The van der Waals surface area contributed by atoms with Gasteiger partial charge in [0.2, 0.25) is 5.91 Å². The Kier molecular flexibility index (Phi) is 31.1. The van der Waals surface area contributed by atoms with Crippen LogP contribution in [0.15, 0.2) is 60.8 Å². The third-order valence-corrected chi connectivity index (χ3v) is 7.29. The van der Waals surface area contributed by atoms with Gasteiger partial charge in [-0.25, -0.2) is 0 Å². The van der Waals surface area contributed by atoms with Crippen molar-refractivity contribution >= 4 is 5.91 Å². The second-order valence-electron chi connectivity index (χ2n) is 11.2. The van der Waals surface area contributed by atoms with E-state index in [0.29, 0.717) is 12.8 Å². The SMILES string of the molecule is CC/C=C\C/C=C\C/C=C\C/C=C\C/C=C\CCCCCC(=O)NC(CO)C(O)CCCCCCCCCCCC. The van der Waals surface area contributed by atoms with E-state index in [1.807, 2.05) is 0 Å². The van der Waals surface area contributed by atoms with E-state index < -0.39 is 12.1 Å². The first-order valence-corrected chi connectivity index (χ1v) is 17.0. The maximum Gasteiger partial charge on any atom is 0.220 e. The van der Waals surface area contributed by atoms with Crippen molar-refractivity contribution in [3.8, 4) is 0 Å². The van der Waals surface area contributed by atoms with Gasteiger partial charge in [-0.15, -0.1) is 0 Å². The minimum absolute atomic E-state index is 0.0685. The Bertz CT molecular complexity index is 707. The third kappa shape index (κ3) is 29.4. The van der Waals surface area contributed by atoms with Crippen molar-refractivity contribution in [3.63, 3.8) is 0 Å². The number of nitrogens with one attached hydrogen (secondary N) is 1. The van der Waals surface area contributed by atoms with Crippen molar-refractivity contribution in [2.24, 2.45) is 0 Å². The lowest BCUT2D eigenvalue weighted by Crippen LogP contribution is -2.45. The molecular formula is C37H65NO3. The molecule has 0 rings (SSSR count). The maximum absolute atomic E-state index is 12.3. The molecule has 0 aromatic heterocycles. The minimum atomic E-state index is -0.673. The predicted molar refractivity (Wildman–Crippen MR) is 179 cm³/mol. The van der Waals surface area contributed by atoms with Crippen molar-refractivity contribution in [2.45, 2.75) is 161 Å². The van der Waals surface area contributed by atoms with E-state index in [0.717, 1.165) is 70.6 Å². The zero-order chi connectivity index (χ0) is 30.1. The van der Waals surface area contributed by atoms with E-state index in [-0.39, 0.29) is 12.5 Å². The average Bonchev–Trinajstić information content (AvgIpc) is 2.97. The number of rotatable bonds is 29. The van der Waals surface area contributed by atoms with Gasteiger partial charge in [-0.2, -0.15) is 0 Å². The highest BCUT2D eigenvalue weighted by atomic mass is 16.3. The van der Waals surface area contributed by atoms with Crippen LogP contribution in [0.2, 0.25) is 0 Å². The van der Waals surface area contributed by atoms with Crippen LogP contribution in [-0.4, -0.2) is 34.9 Å². The summed E-state index contributed by atoms with van der Waals surface area (Å²) in [7, 11) is 0. The molecule has 0 aliphatic heterocycles. The summed E-state index contributed by atoms with van der Waals surface area (Å²) in [6, 6.07) is -0.553. The highest BCUT2D eigenvalue weighted by Crippen LogP contribution is 2.13. The van der Waals surface area contributed by atoms with Crippen LogP contribution in [0, 0.1) is 0 Å². The van der Waals surface area contributed by atoms with Crippen LogP contribution >= 0.6 is 0 Å². The van der Waals surface area contributed by atoms with Gasteiger partial charge in [-0.05, 0) is 57.8 Å². The summed E-state index contributed by atoms with van der Waals surface area (Å²) >= 11 is 0. The molecule has 0 spiro atoms. The second-order valence-corrected chi connectivity index (χ2v) is 11.2. The van der Waals surface area contributed by atoms with Crippen LogP contribution in [-0.2, 0) is 4.79 Å². The van der Waals surface area contributed by atoms with E-state index >= 15 is 0 Å². The highest BCUT2D eigenvalue weighted by Gasteiger charge is 2.19. The van der Waals surface area contributed by atoms with E-state index in [1.54, 1.807) is 0 Å². The molecule has 0 aromatic carbocycles. The number of aliphatic hydroxyl groups is 2. The van der Waals surface area contributed by atoms with Crippen LogP contribution < -0.4 is 5.32 Å². The van der Waals surface area contributed by atoms with Gasteiger partial charge in [0.05, 0.1) is 18.8 Å². The van der Waals surface area contributed by atoms with E-state index in [9.17, 15) is 15.0 Å². The van der Waals surface area contributed by atoms with Gasteiger partial charge in [-0.3, -0.25) is 4.79 Å². The Morgan fingerprint density at radius 3 is 1.59 bits per heavy atom. The molecule has 2 atom stereocenters. The smallest absolute Gasteiger partial charge is 0.220 e. The van der Waals surface area contributed by atoms with Crippen LogP contribution in [0.3, 0.4) is 0 Å². The quantitative estimate of drug-likeness (QED) is 0.0618. The van der Waals surface area contributed by atoms with E-state index in [2.05, 4.69) is 79.9 Å². The van der Waals surface area contributed by atoms with Gasteiger partial charge in [0.1, 0.15) is 0 Å². The van der Waals surface area contributed by atoms with Gasteiger partial charge in [0.25, 0.3) is 0 Å². The first-order valence-electron chi connectivity index (χ1n) is 17.0. The van der Waals surface area contributed by atoms with Crippen LogP contribution in [0.1, 0.15) is 149 Å². The molecule has 0 fully saturated rings. The monoisotopic (exact) mass is 571 g/mol. The first kappa shape index (κ1) is 39.1. The summed E-state index contributed by atoms with van der Waals surface area (Å²) in [4.78, 5) is 12.3. The number of unbranched alkanes of at least 4 members (excludes halogenated alkanes) is 12. The molecule has 0 saturated heterocycles. The fourth-order valence-electron chi connectivity index (χ4n) is 4.68. The fraction of sp³-hybridized carbons (Fsp3) is 0.703. The Morgan fingerprint density at radius 2 is 1.07 bits per heavy atom. The summed E-state index contributed by atoms with van der Waals surface area (Å²) in [6.07, 6.45) is 44.1. The molecule has 4 heteroatoms. The molecule has 236 valence electrons. The summed E-state index contributed by atoms with van der Waals surface area (Å²) in [6.45, 7) is 4.19. The topological polar surface area (TPSA) is 69.6 Å². The number of hydrogen-bond acceptors (Lipinski definition) is 3. The average molecular weight is 572 g/mol. The normalized spacial score (nSPS) is 14.0. The van der Waals surface area contributed by atoms with Crippen molar-refractivity contribution in [3.05, 3.63) is 60.8 Å². The van der Waals surface area contributed by atoms with Crippen molar-refractivity contribution in [1.82, 2.24) is 5.32 Å². The molecule has 0 aromatic rings. The number of amides is 1. The molecule has 0 bridgehead atoms. The van der Waals surface area contributed by atoms with E-state index in [4.69, 9.17) is 0 Å². The zero-order valence-electron chi connectivity index (χ0n) is 26.8. The van der Waals surface area contributed by atoms with Gasteiger partial charge in [-0.1, -0.05) is 145 Å². The van der Waals surface area contributed by atoms with Crippen molar-refractivity contribution < 1.29 is 15.0 Å². The summed E-state index contributed by atoms with van der Waals surface area (Å²) < 4.78 is 0. The standard InChI is InChI=1S/C37H65NO3/c1-3-5-7-9-11-13-15-16-17-18-19-20-21-22-23-25-27-29-31-33-37(41)38-35(34-39)36(40)32-30-28-26-24-14-12-10-8-6-4-2/h5,7,11,13,16-17,19-20,22-23,35-36,39-40H,3-4,6,8-10,12,14-15,18,21,24-34H2,1-2H3,(H,38,41)/b7-5-,13-11-,17-16-,20-19-,23-22-. The second kappa shape index (κ2) is 32.6. The number of carbonyl (C=O) groups excluding carboxylic acids is 1. The lowest BCUT2D eigenvalue weighted by atomic mass is 10.0. The molecule has 0 aliphatic rings. The van der Waals surface area contributed by atoms with Gasteiger partial charge < -0.3 is 15.5 Å². The Morgan fingerprint density at radius 1 is 0.610 bits per heavy atom. The molecule has 0 aliphatic carbocycles. The zero-order valence-corrected chi connectivity index (χ0v) is 26.8. The number of aliphatic hydroxyl groups excluding tert-OH is 2. The molecule has 4 nitrogen and oxygen atoms in total. The Hall–Kier alpha value is -1.91. The maximum atomic E-state index is 12.3. The van der Waals surface area contributed by atoms with Crippen LogP contribution in [0.5, 0.6) is 0 Å². The Labute approximate surface area is 254 Å². The molecule has 1 amide bonds. The highest BCUT2D eigenvalue weighted by molar-refractivity contribution is 5.76. The Balaban J connectivity index is 3.71. The fourth-order valence-corrected chi connectivity index (χ4v) is 4.68.